The van der Waals surface area contributed by atoms with Crippen molar-refractivity contribution in [1.29, 1.82) is 5.26 Å². The second-order valence-electron chi connectivity index (χ2n) is 9.06. The highest BCUT2D eigenvalue weighted by Crippen LogP contribution is 2.35. The fraction of sp³-hybridized carbons (Fsp3) is 0.520. The summed E-state index contributed by atoms with van der Waals surface area (Å²) >= 11 is 0. The minimum Gasteiger partial charge on any atom is -0.312 e. The van der Waals surface area contributed by atoms with Crippen molar-refractivity contribution in [2.24, 2.45) is 0 Å². The predicted molar refractivity (Wildman–Crippen MR) is 123 cm³/mol. The number of hydrogen-bond donors (Lipinski definition) is 2. The number of carbonyl (C=O) groups excluding carboxylic acids is 1. The number of amides is 1. The molecule has 4 rings (SSSR count). The lowest BCUT2D eigenvalue weighted by atomic mass is 9.95. The van der Waals surface area contributed by atoms with E-state index in [-0.39, 0.29) is 5.91 Å². The van der Waals surface area contributed by atoms with E-state index in [0.717, 1.165) is 62.9 Å². The number of rotatable bonds is 6. The Kier molecular flexibility index (Phi) is 6.74. The summed E-state index contributed by atoms with van der Waals surface area (Å²) in [6, 6.07) is 13.5. The molecule has 0 spiro atoms. The number of nitrogens with one attached hydrogen (secondary N) is 2. The zero-order valence-corrected chi connectivity index (χ0v) is 18.7. The van der Waals surface area contributed by atoms with E-state index in [1.165, 1.54) is 5.69 Å². The van der Waals surface area contributed by atoms with Gasteiger partial charge >= 0.3 is 0 Å². The van der Waals surface area contributed by atoms with Crippen molar-refractivity contribution in [3.05, 3.63) is 47.2 Å². The summed E-state index contributed by atoms with van der Waals surface area (Å²) in [5, 5.41) is 16.7. The summed E-state index contributed by atoms with van der Waals surface area (Å²) in [4.78, 5) is 15.2. The first-order valence-electron chi connectivity index (χ1n) is 11.6. The van der Waals surface area contributed by atoms with E-state index >= 15 is 0 Å². The highest BCUT2D eigenvalue weighted by molar-refractivity contribution is 5.93. The molecule has 0 atom stereocenters. The van der Waals surface area contributed by atoms with Crippen LogP contribution in [0.3, 0.4) is 0 Å². The number of nitriles is 1. The van der Waals surface area contributed by atoms with Crippen molar-refractivity contribution >= 4 is 11.7 Å². The van der Waals surface area contributed by atoms with E-state index in [4.69, 9.17) is 0 Å². The van der Waals surface area contributed by atoms with Gasteiger partial charge in [-0.2, -0.15) is 5.26 Å². The van der Waals surface area contributed by atoms with Crippen LogP contribution in [0, 0.1) is 11.3 Å². The Hall–Kier alpha value is -2.62. The molecule has 2 N–H and O–H groups in total. The fourth-order valence-corrected chi connectivity index (χ4v) is 5.00. The van der Waals surface area contributed by atoms with Crippen LogP contribution in [0.2, 0.25) is 0 Å². The molecule has 1 aliphatic carbocycles. The highest BCUT2D eigenvalue weighted by atomic mass is 16.2. The summed E-state index contributed by atoms with van der Waals surface area (Å²) in [5.41, 5.74) is 3.91. The van der Waals surface area contributed by atoms with Crippen LogP contribution in [-0.2, 0) is 17.6 Å². The topological polar surface area (TPSA) is 73.1 Å². The minimum absolute atomic E-state index is 0.0428. The molecular formula is C25H33N5O. The quantitative estimate of drug-likeness (QED) is 0.750. The first-order chi connectivity index (χ1) is 15.1. The van der Waals surface area contributed by atoms with Crippen molar-refractivity contribution in [3.8, 4) is 11.8 Å². The highest BCUT2D eigenvalue weighted by Gasteiger charge is 2.27. The third-order valence-electron chi connectivity index (χ3n) is 6.38. The number of fused-ring (bicyclic) bond motifs is 1. The van der Waals surface area contributed by atoms with Crippen LogP contribution in [0.4, 0.5) is 5.82 Å². The Morgan fingerprint density at radius 2 is 1.87 bits per heavy atom. The molecule has 2 heterocycles. The van der Waals surface area contributed by atoms with Gasteiger partial charge < -0.3 is 10.6 Å². The number of piperidine rings is 1. The zero-order valence-electron chi connectivity index (χ0n) is 18.7. The standard InChI is InChI=1S/C25H33N5O/c1-18(2)27-19-12-14-29(15-13-19)17-24(31)28-25-22(16-26)21-10-6-7-11-23(21)30(25)20-8-4-3-5-9-20/h3-5,8-9,18-19,27H,6-7,10-15,17H2,1-2H3,(H,28,31). The smallest absolute Gasteiger partial charge is 0.239 e. The number of benzene rings is 1. The van der Waals surface area contributed by atoms with Gasteiger partial charge in [0.1, 0.15) is 11.9 Å². The Morgan fingerprint density at radius 3 is 2.55 bits per heavy atom. The normalized spacial score (nSPS) is 17.4. The van der Waals surface area contributed by atoms with Gasteiger partial charge in [-0.05, 0) is 56.2 Å². The van der Waals surface area contributed by atoms with Gasteiger partial charge in [0.05, 0.1) is 12.1 Å². The van der Waals surface area contributed by atoms with Gasteiger partial charge in [0.15, 0.2) is 0 Å². The van der Waals surface area contributed by atoms with Crippen LogP contribution in [0.5, 0.6) is 0 Å². The SMILES string of the molecule is CC(C)NC1CCN(CC(=O)Nc2c(C#N)c3c(n2-c2ccccc2)CCCC3)CC1. The lowest BCUT2D eigenvalue weighted by Crippen LogP contribution is -2.46. The Labute approximate surface area is 185 Å². The summed E-state index contributed by atoms with van der Waals surface area (Å²) in [5.74, 6) is 0.598. The number of aromatic nitrogens is 1. The lowest BCUT2D eigenvalue weighted by molar-refractivity contribution is -0.117. The molecular weight excluding hydrogens is 386 g/mol. The van der Waals surface area contributed by atoms with Crippen LogP contribution in [0.15, 0.2) is 30.3 Å². The molecule has 31 heavy (non-hydrogen) atoms. The summed E-state index contributed by atoms with van der Waals surface area (Å²) in [6.07, 6.45) is 6.16. The van der Waals surface area contributed by atoms with Crippen LogP contribution in [0.1, 0.15) is 56.4 Å². The van der Waals surface area contributed by atoms with E-state index < -0.39 is 0 Å². The Morgan fingerprint density at radius 1 is 1.16 bits per heavy atom. The molecule has 1 aromatic heterocycles. The monoisotopic (exact) mass is 419 g/mol. The molecule has 1 aliphatic heterocycles. The minimum atomic E-state index is -0.0428. The number of hydrogen-bond acceptors (Lipinski definition) is 4. The molecule has 1 saturated heterocycles. The van der Waals surface area contributed by atoms with E-state index in [2.05, 4.69) is 40.0 Å². The molecule has 0 saturated carbocycles. The van der Waals surface area contributed by atoms with E-state index in [1.54, 1.807) is 0 Å². The van der Waals surface area contributed by atoms with Crippen molar-refractivity contribution in [3.63, 3.8) is 0 Å². The third kappa shape index (κ3) is 4.84. The summed E-state index contributed by atoms with van der Waals surface area (Å²) < 4.78 is 2.10. The van der Waals surface area contributed by atoms with Crippen LogP contribution in [0.25, 0.3) is 5.69 Å². The lowest BCUT2D eigenvalue weighted by Gasteiger charge is -2.33. The van der Waals surface area contributed by atoms with Gasteiger partial charge in [-0.25, -0.2) is 0 Å². The maximum Gasteiger partial charge on any atom is 0.239 e. The van der Waals surface area contributed by atoms with E-state index in [1.807, 2.05) is 30.3 Å². The molecule has 1 fully saturated rings. The molecule has 6 nitrogen and oxygen atoms in total. The molecule has 0 bridgehead atoms. The van der Waals surface area contributed by atoms with Crippen molar-refractivity contribution in [2.45, 2.75) is 64.5 Å². The van der Waals surface area contributed by atoms with Gasteiger partial charge in [-0.1, -0.05) is 32.0 Å². The average Bonchev–Trinajstić information content (AvgIpc) is 3.08. The van der Waals surface area contributed by atoms with Gasteiger partial charge in [-0.15, -0.1) is 0 Å². The number of carbonyl (C=O) groups is 1. The number of likely N-dealkylation sites (tertiary alicyclic amines) is 1. The largest absolute Gasteiger partial charge is 0.312 e. The van der Waals surface area contributed by atoms with Gasteiger partial charge in [0, 0.05) is 36.6 Å². The average molecular weight is 420 g/mol. The second kappa shape index (κ2) is 9.67. The molecule has 0 radical (unpaired) electrons. The third-order valence-corrected chi connectivity index (χ3v) is 6.38. The number of para-hydroxylation sites is 1. The van der Waals surface area contributed by atoms with Crippen LogP contribution >= 0.6 is 0 Å². The fourth-order valence-electron chi connectivity index (χ4n) is 5.00. The van der Waals surface area contributed by atoms with E-state index in [0.29, 0.717) is 30.0 Å². The van der Waals surface area contributed by atoms with Crippen LogP contribution < -0.4 is 10.6 Å². The molecule has 6 heteroatoms. The maximum atomic E-state index is 13.0. The second-order valence-corrected chi connectivity index (χ2v) is 9.06. The molecule has 2 aromatic rings. The molecule has 164 valence electrons. The maximum absolute atomic E-state index is 13.0. The predicted octanol–water partition coefficient (Wildman–Crippen LogP) is 3.63. The first kappa shape index (κ1) is 21.6. The summed E-state index contributed by atoms with van der Waals surface area (Å²) in [7, 11) is 0. The number of nitrogens with zero attached hydrogens (tertiary/aromatic N) is 3. The van der Waals surface area contributed by atoms with Crippen molar-refractivity contribution in [2.75, 3.05) is 25.0 Å². The molecule has 1 amide bonds. The van der Waals surface area contributed by atoms with Crippen LogP contribution in [-0.4, -0.2) is 47.1 Å². The zero-order chi connectivity index (χ0) is 21.8. The first-order valence-corrected chi connectivity index (χ1v) is 11.6. The Balaban J connectivity index is 1.52. The molecule has 2 aliphatic rings. The molecule has 0 unspecified atom stereocenters. The Bertz CT molecular complexity index is 949. The van der Waals surface area contributed by atoms with Gasteiger partial charge in [-0.3, -0.25) is 14.3 Å². The summed E-state index contributed by atoms with van der Waals surface area (Å²) in [6.45, 7) is 6.55. The molecule has 1 aromatic carbocycles. The number of anilines is 1. The van der Waals surface area contributed by atoms with Gasteiger partial charge in [0.2, 0.25) is 5.91 Å². The van der Waals surface area contributed by atoms with Crippen molar-refractivity contribution < 1.29 is 4.79 Å². The van der Waals surface area contributed by atoms with E-state index in [9.17, 15) is 10.1 Å². The van der Waals surface area contributed by atoms with Crippen molar-refractivity contribution in [1.82, 2.24) is 14.8 Å². The van der Waals surface area contributed by atoms with Gasteiger partial charge in [0.25, 0.3) is 0 Å².